The number of piperazine rings is 1. The van der Waals surface area contributed by atoms with Crippen molar-refractivity contribution in [2.45, 2.75) is 32.1 Å². The molecule has 1 heterocycles. The smallest absolute Gasteiger partial charge is 0.123 e. The largest absolute Gasteiger partial charge is 0.492 e. The highest BCUT2D eigenvalue weighted by Crippen LogP contribution is 2.37. The SMILES string of the molecule is CC(C)C(C#N)(CCCN1CCN(CCOc2ccc(F)cc2)CC1)c1ccc(N)cc1. The van der Waals surface area contributed by atoms with Gasteiger partial charge in [0.25, 0.3) is 0 Å². The average Bonchev–Trinajstić information content (AvgIpc) is 2.80. The van der Waals surface area contributed by atoms with Gasteiger partial charge in [-0.05, 0) is 67.3 Å². The molecule has 1 saturated heterocycles. The minimum atomic E-state index is -0.479. The summed E-state index contributed by atoms with van der Waals surface area (Å²) in [6.07, 6.45) is 1.83. The molecule has 0 bridgehead atoms. The topological polar surface area (TPSA) is 65.5 Å². The van der Waals surface area contributed by atoms with Crippen molar-refractivity contribution >= 4 is 5.69 Å². The van der Waals surface area contributed by atoms with Crippen molar-refractivity contribution in [2.24, 2.45) is 5.92 Å². The Morgan fingerprint density at radius 3 is 2.16 bits per heavy atom. The maximum Gasteiger partial charge on any atom is 0.123 e. The molecule has 0 spiro atoms. The first-order chi connectivity index (χ1) is 15.4. The number of nitrogen functional groups attached to an aromatic ring is 1. The zero-order valence-electron chi connectivity index (χ0n) is 19.3. The van der Waals surface area contributed by atoms with Crippen molar-refractivity contribution in [3.63, 3.8) is 0 Å². The molecule has 1 aliphatic rings. The summed E-state index contributed by atoms with van der Waals surface area (Å²) >= 11 is 0. The maximum atomic E-state index is 13.0. The van der Waals surface area contributed by atoms with Crippen LogP contribution in [0.4, 0.5) is 10.1 Å². The summed E-state index contributed by atoms with van der Waals surface area (Å²) in [5.41, 5.74) is 7.16. The number of hydrogen-bond donors (Lipinski definition) is 1. The van der Waals surface area contributed by atoms with Gasteiger partial charge in [0, 0.05) is 38.4 Å². The van der Waals surface area contributed by atoms with E-state index in [4.69, 9.17) is 10.5 Å². The van der Waals surface area contributed by atoms with Crippen LogP contribution in [0.25, 0.3) is 0 Å². The van der Waals surface area contributed by atoms with Gasteiger partial charge >= 0.3 is 0 Å². The van der Waals surface area contributed by atoms with Crippen LogP contribution in [0.15, 0.2) is 48.5 Å². The van der Waals surface area contributed by atoms with E-state index in [1.807, 2.05) is 24.3 Å². The van der Waals surface area contributed by atoms with Gasteiger partial charge in [-0.2, -0.15) is 5.26 Å². The van der Waals surface area contributed by atoms with E-state index in [0.29, 0.717) is 12.4 Å². The first kappa shape index (κ1) is 24.0. The second kappa shape index (κ2) is 11.3. The Morgan fingerprint density at radius 2 is 1.59 bits per heavy atom. The number of anilines is 1. The van der Waals surface area contributed by atoms with Crippen LogP contribution in [0, 0.1) is 23.1 Å². The van der Waals surface area contributed by atoms with E-state index >= 15 is 0 Å². The van der Waals surface area contributed by atoms with Crippen LogP contribution in [0.2, 0.25) is 0 Å². The third-order valence-corrected chi connectivity index (χ3v) is 6.61. The second-order valence-electron chi connectivity index (χ2n) is 8.95. The fraction of sp³-hybridized carbons (Fsp3) is 0.500. The minimum Gasteiger partial charge on any atom is -0.492 e. The van der Waals surface area contributed by atoms with Gasteiger partial charge in [-0.1, -0.05) is 26.0 Å². The summed E-state index contributed by atoms with van der Waals surface area (Å²) in [4.78, 5) is 4.89. The molecule has 2 aromatic rings. The monoisotopic (exact) mass is 438 g/mol. The van der Waals surface area contributed by atoms with E-state index in [9.17, 15) is 9.65 Å². The van der Waals surface area contributed by atoms with Gasteiger partial charge in [0.05, 0.1) is 11.5 Å². The zero-order chi connectivity index (χ0) is 23.0. The van der Waals surface area contributed by atoms with Gasteiger partial charge in [0.2, 0.25) is 0 Å². The molecule has 5 nitrogen and oxygen atoms in total. The van der Waals surface area contributed by atoms with E-state index < -0.39 is 5.41 Å². The second-order valence-corrected chi connectivity index (χ2v) is 8.95. The van der Waals surface area contributed by atoms with Crippen LogP contribution in [0.1, 0.15) is 32.3 Å². The van der Waals surface area contributed by atoms with Crippen LogP contribution in [-0.2, 0) is 5.41 Å². The summed E-state index contributed by atoms with van der Waals surface area (Å²) in [5.74, 6) is 0.689. The molecule has 1 atom stereocenters. The molecule has 1 fully saturated rings. The molecule has 0 radical (unpaired) electrons. The molecule has 0 saturated carbocycles. The van der Waals surface area contributed by atoms with Crippen molar-refractivity contribution in [1.82, 2.24) is 9.80 Å². The molecular weight excluding hydrogens is 403 g/mol. The van der Waals surface area contributed by atoms with Gasteiger partial charge in [0.15, 0.2) is 0 Å². The van der Waals surface area contributed by atoms with Gasteiger partial charge < -0.3 is 15.4 Å². The molecule has 3 rings (SSSR count). The van der Waals surface area contributed by atoms with Crippen molar-refractivity contribution in [3.05, 3.63) is 59.9 Å². The summed E-state index contributed by atoms with van der Waals surface area (Å²) < 4.78 is 18.7. The van der Waals surface area contributed by atoms with Crippen LogP contribution >= 0.6 is 0 Å². The number of nitriles is 1. The molecule has 32 heavy (non-hydrogen) atoms. The van der Waals surface area contributed by atoms with Crippen LogP contribution in [0.5, 0.6) is 5.75 Å². The Hall–Kier alpha value is -2.62. The lowest BCUT2D eigenvalue weighted by Gasteiger charge is -2.36. The first-order valence-corrected chi connectivity index (χ1v) is 11.5. The number of nitrogens with zero attached hydrogens (tertiary/aromatic N) is 3. The van der Waals surface area contributed by atoms with Gasteiger partial charge in [-0.25, -0.2) is 4.39 Å². The third kappa shape index (κ3) is 6.21. The van der Waals surface area contributed by atoms with E-state index in [1.165, 1.54) is 12.1 Å². The molecular formula is C26H35FN4O. The van der Waals surface area contributed by atoms with Crippen molar-refractivity contribution in [3.8, 4) is 11.8 Å². The number of halogens is 1. The molecule has 1 aliphatic heterocycles. The summed E-state index contributed by atoms with van der Waals surface area (Å²) in [7, 11) is 0. The number of ether oxygens (including phenoxy) is 1. The fourth-order valence-corrected chi connectivity index (χ4v) is 4.44. The van der Waals surface area contributed by atoms with E-state index in [0.717, 1.165) is 63.4 Å². The highest BCUT2D eigenvalue weighted by atomic mass is 19.1. The van der Waals surface area contributed by atoms with Crippen molar-refractivity contribution < 1.29 is 9.13 Å². The van der Waals surface area contributed by atoms with E-state index in [2.05, 4.69) is 29.7 Å². The molecule has 0 aromatic heterocycles. The zero-order valence-corrected chi connectivity index (χ0v) is 19.3. The number of nitrogens with two attached hydrogens (primary N) is 1. The minimum absolute atomic E-state index is 0.231. The average molecular weight is 439 g/mol. The number of hydrogen-bond acceptors (Lipinski definition) is 5. The van der Waals surface area contributed by atoms with E-state index in [-0.39, 0.29) is 11.7 Å². The van der Waals surface area contributed by atoms with Gasteiger partial charge in [-0.3, -0.25) is 4.90 Å². The standard InChI is InChI=1S/C26H35FN4O/c1-21(2)26(20-28,22-4-8-24(29)9-5-22)12-3-13-30-14-16-31(17-15-30)18-19-32-25-10-6-23(27)7-11-25/h4-11,21H,3,12-19,29H2,1-2H3. The summed E-state index contributed by atoms with van der Waals surface area (Å²) in [5, 5.41) is 10.1. The Kier molecular flexibility index (Phi) is 8.49. The van der Waals surface area contributed by atoms with E-state index in [1.54, 1.807) is 12.1 Å². The van der Waals surface area contributed by atoms with Crippen molar-refractivity contribution in [1.29, 1.82) is 5.26 Å². The lowest BCUT2D eigenvalue weighted by atomic mass is 9.70. The van der Waals surface area contributed by atoms with Gasteiger partial charge in [0.1, 0.15) is 18.2 Å². The van der Waals surface area contributed by atoms with Crippen LogP contribution in [-0.4, -0.2) is 55.7 Å². The molecule has 1 unspecified atom stereocenters. The molecule has 0 aliphatic carbocycles. The normalized spacial score (nSPS) is 17.1. The lowest BCUT2D eigenvalue weighted by Crippen LogP contribution is -2.47. The fourth-order valence-electron chi connectivity index (χ4n) is 4.44. The Balaban J connectivity index is 1.41. The molecule has 2 aromatic carbocycles. The number of rotatable bonds is 10. The number of benzene rings is 2. The molecule has 2 N–H and O–H groups in total. The maximum absolute atomic E-state index is 13.0. The third-order valence-electron chi connectivity index (χ3n) is 6.61. The van der Waals surface area contributed by atoms with Gasteiger partial charge in [-0.15, -0.1) is 0 Å². The first-order valence-electron chi connectivity index (χ1n) is 11.5. The highest BCUT2D eigenvalue weighted by molar-refractivity contribution is 5.44. The molecule has 172 valence electrons. The Bertz CT molecular complexity index is 870. The lowest BCUT2D eigenvalue weighted by molar-refractivity contribution is 0.114. The highest BCUT2D eigenvalue weighted by Gasteiger charge is 2.35. The van der Waals surface area contributed by atoms with Crippen LogP contribution in [0.3, 0.4) is 0 Å². The van der Waals surface area contributed by atoms with Crippen LogP contribution < -0.4 is 10.5 Å². The molecule has 6 heteroatoms. The van der Waals surface area contributed by atoms with Crippen molar-refractivity contribution in [2.75, 3.05) is 51.6 Å². The predicted molar refractivity (Wildman–Crippen MR) is 127 cm³/mol. The summed E-state index contributed by atoms with van der Waals surface area (Å²) in [6, 6.07) is 16.6. The summed E-state index contributed by atoms with van der Waals surface area (Å²) in [6.45, 7) is 10.8. The Labute approximate surface area is 191 Å². The Morgan fingerprint density at radius 1 is 1.00 bits per heavy atom. The quantitative estimate of drug-likeness (QED) is 0.560. The molecule has 0 amide bonds. The predicted octanol–water partition coefficient (Wildman–Crippen LogP) is 4.30.